The number of hydrogen-bond acceptors (Lipinski definition) is 5. The Balaban J connectivity index is 2.79. The minimum atomic E-state index is -0.401. The first-order chi connectivity index (χ1) is 8.10. The summed E-state index contributed by atoms with van der Waals surface area (Å²) in [7, 11) is 1.34. The molecule has 0 aliphatic heterocycles. The molecule has 0 spiro atoms. The number of nitrogens with zero attached hydrogens (tertiary/aromatic N) is 1. The zero-order valence-electron chi connectivity index (χ0n) is 10.5. The predicted molar refractivity (Wildman–Crippen MR) is 62.7 cm³/mol. The summed E-state index contributed by atoms with van der Waals surface area (Å²) in [4.78, 5) is 13.5. The number of furan rings is 1. The summed E-state index contributed by atoms with van der Waals surface area (Å²) >= 11 is 0. The van der Waals surface area contributed by atoms with Crippen molar-refractivity contribution < 1.29 is 19.1 Å². The van der Waals surface area contributed by atoms with Crippen molar-refractivity contribution in [3.05, 3.63) is 23.7 Å². The second kappa shape index (κ2) is 6.42. The molecule has 0 saturated heterocycles. The van der Waals surface area contributed by atoms with Gasteiger partial charge in [0.25, 0.3) is 0 Å². The second-order valence-corrected chi connectivity index (χ2v) is 4.04. The minimum Gasteiger partial charge on any atom is -0.467 e. The van der Waals surface area contributed by atoms with Crippen LogP contribution in [-0.4, -0.2) is 42.3 Å². The number of aliphatic hydroxyl groups is 1. The molecule has 0 fully saturated rings. The maximum atomic E-state index is 11.5. The van der Waals surface area contributed by atoms with E-state index >= 15 is 0 Å². The van der Waals surface area contributed by atoms with Gasteiger partial charge in [-0.15, -0.1) is 0 Å². The summed E-state index contributed by atoms with van der Waals surface area (Å²) in [6, 6.07) is 1.86. The highest BCUT2D eigenvalue weighted by Crippen LogP contribution is 2.15. The Hall–Kier alpha value is -1.33. The number of carbonyl (C=O) groups excluding carboxylic acids is 1. The molecule has 0 atom stereocenters. The number of aliphatic hydroxyl groups excluding tert-OH is 1. The Morgan fingerprint density at radius 2 is 2.29 bits per heavy atom. The molecule has 0 aliphatic carbocycles. The van der Waals surface area contributed by atoms with Gasteiger partial charge >= 0.3 is 5.97 Å². The predicted octanol–water partition coefficient (Wildman–Crippen LogP) is 1.27. The lowest BCUT2D eigenvalue weighted by atomic mass is 10.2. The van der Waals surface area contributed by atoms with Crippen molar-refractivity contribution in [1.29, 1.82) is 0 Å². The molecule has 17 heavy (non-hydrogen) atoms. The van der Waals surface area contributed by atoms with E-state index in [1.807, 2.05) is 18.7 Å². The quantitative estimate of drug-likeness (QED) is 0.760. The third-order valence-electron chi connectivity index (χ3n) is 2.61. The van der Waals surface area contributed by atoms with E-state index in [-0.39, 0.29) is 12.6 Å². The van der Waals surface area contributed by atoms with Crippen LogP contribution in [0.5, 0.6) is 0 Å². The summed E-state index contributed by atoms with van der Waals surface area (Å²) in [6.07, 6.45) is 1.47. The van der Waals surface area contributed by atoms with Crippen LogP contribution in [0.1, 0.15) is 30.0 Å². The third kappa shape index (κ3) is 3.57. The number of rotatable bonds is 6. The molecule has 1 rings (SSSR count). The minimum absolute atomic E-state index is 0.0758. The van der Waals surface area contributed by atoms with Crippen LogP contribution in [0.3, 0.4) is 0 Å². The Morgan fingerprint density at radius 3 is 2.82 bits per heavy atom. The van der Waals surface area contributed by atoms with Crippen LogP contribution in [0.4, 0.5) is 0 Å². The lowest BCUT2D eigenvalue weighted by Gasteiger charge is -2.24. The molecule has 5 nitrogen and oxygen atoms in total. The first-order valence-corrected chi connectivity index (χ1v) is 5.59. The van der Waals surface area contributed by atoms with E-state index in [0.29, 0.717) is 24.4 Å². The maximum absolute atomic E-state index is 11.5. The molecule has 1 N–H and O–H groups in total. The molecule has 96 valence electrons. The molecule has 0 bridgehead atoms. The number of ether oxygens (including phenoxy) is 1. The summed E-state index contributed by atoms with van der Waals surface area (Å²) in [5.41, 5.74) is 0.441. The molecule has 1 aromatic rings. The number of hydrogen-bond donors (Lipinski definition) is 1. The molecule has 0 aliphatic rings. The van der Waals surface area contributed by atoms with Gasteiger partial charge in [-0.2, -0.15) is 0 Å². The summed E-state index contributed by atoms with van der Waals surface area (Å²) in [6.45, 7) is 5.15. The summed E-state index contributed by atoms with van der Waals surface area (Å²) in [5.74, 6) is 0.167. The van der Waals surface area contributed by atoms with Gasteiger partial charge in [0.2, 0.25) is 0 Å². The van der Waals surface area contributed by atoms with Crippen molar-refractivity contribution in [2.45, 2.75) is 26.4 Å². The average Bonchev–Trinajstić information content (AvgIpc) is 2.75. The van der Waals surface area contributed by atoms with Crippen LogP contribution in [0.2, 0.25) is 0 Å². The van der Waals surface area contributed by atoms with E-state index in [4.69, 9.17) is 9.52 Å². The van der Waals surface area contributed by atoms with E-state index in [1.54, 1.807) is 6.07 Å². The van der Waals surface area contributed by atoms with Gasteiger partial charge in [-0.05, 0) is 19.9 Å². The fraction of sp³-hybridized carbons (Fsp3) is 0.583. The van der Waals surface area contributed by atoms with Crippen molar-refractivity contribution in [1.82, 2.24) is 4.90 Å². The Kier molecular flexibility index (Phi) is 5.18. The first-order valence-electron chi connectivity index (χ1n) is 5.59. The van der Waals surface area contributed by atoms with Gasteiger partial charge in [0, 0.05) is 12.6 Å². The third-order valence-corrected chi connectivity index (χ3v) is 2.61. The van der Waals surface area contributed by atoms with E-state index in [0.717, 1.165) is 0 Å². The monoisotopic (exact) mass is 241 g/mol. The van der Waals surface area contributed by atoms with Crippen LogP contribution in [-0.2, 0) is 11.3 Å². The topological polar surface area (TPSA) is 62.9 Å². The Labute approximate surface area is 101 Å². The van der Waals surface area contributed by atoms with Crippen molar-refractivity contribution in [2.24, 2.45) is 0 Å². The van der Waals surface area contributed by atoms with Gasteiger partial charge in [-0.3, -0.25) is 4.90 Å². The van der Waals surface area contributed by atoms with Crippen LogP contribution in [0, 0.1) is 0 Å². The molecule has 0 radical (unpaired) electrons. The Morgan fingerprint density at radius 1 is 1.59 bits per heavy atom. The molecular formula is C12H19NO4. The van der Waals surface area contributed by atoms with Gasteiger partial charge < -0.3 is 14.3 Å². The highest BCUT2D eigenvalue weighted by Gasteiger charge is 2.18. The van der Waals surface area contributed by atoms with Crippen LogP contribution >= 0.6 is 0 Å². The average molecular weight is 241 g/mol. The zero-order valence-corrected chi connectivity index (χ0v) is 10.5. The van der Waals surface area contributed by atoms with Crippen molar-refractivity contribution in [3.63, 3.8) is 0 Å². The molecule has 0 aromatic carbocycles. The largest absolute Gasteiger partial charge is 0.467 e. The van der Waals surface area contributed by atoms with Crippen LogP contribution < -0.4 is 0 Å². The number of methoxy groups -OCH3 is 1. The molecular weight excluding hydrogens is 222 g/mol. The van der Waals surface area contributed by atoms with Crippen molar-refractivity contribution >= 4 is 5.97 Å². The highest BCUT2D eigenvalue weighted by molar-refractivity contribution is 5.90. The molecule has 0 saturated carbocycles. The molecule has 5 heteroatoms. The van der Waals surface area contributed by atoms with Crippen LogP contribution in [0.25, 0.3) is 0 Å². The molecule has 1 heterocycles. The van der Waals surface area contributed by atoms with E-state index in [2.05, 4.69) is 4.74 Å². The summed E-state index contributed by atoms with van der Waals surface area (Å²) in [5, 5.41) is 8.97. The zero-order chi connectivity index (χ0) is 12.8. The standard InChI is InChI=1S/C12H19NO4/c1-9(2)13(5-6-14)8-11-10(4-7-17-11)12(15)16-3/h4,7,9,14H,5-6,8H2,1-3H3. The molecule has 1 aromatic heterocycles. The first kappa shape index (κ1) is 13.7. The van der Waals surface area contributed by atoms with Gasteiger partial charge in [0.1, 0.15) is 11.3 Å². The normalized spacial score (nSPS) is 11.2. The van der Waals surface area contributed by atoms with E-state index < -0.39 is 5.97 Å². The number of carbonyl (C=O) groups is 1. The van der Waals surface area contributed by atoms with Gasteiger partial charge in [0.15, 0.2) is 0 Å². The highest BCUT2D eigenvalue weighted by atomic mass is 16.5. The van der Waals surface area contributed by atoms with Crippen LogP contribution in [0.15, 0.2) is 16.7 Å². The lowest BCUT2D eigenvalue weighted by Crippen LogP contribution is -2.33. The van der Waals surface area contributed by atoms with E-state index in [9.17, 15) is 4.79 Å². The molecule has 0 amide bonds. The SMILES string of the molecule is COC(=O)c1ccoc1CN(CCO)C(C)C. The summed E-state index contributed by atoms with van der Waals surface area (Å²) < 4.78 is 9.96. The number of esters is 1. The fourth-order valence-corrected chi connectivity index (χ4v) is 1.59. The van der Waals surface area contributed by atoms with Gasteiger partial charge in [0.05, 0.1) is 26.5 Å². The van der Waals surface area contributed by atoms with E-state index in [1.165, 1.54) is 13.4 Å². The van der Waals surface area contributed by atoms with Gasteiger partial charge in [-0.1, -0.05) is 0 Å². The molecule has 0 unspecified atom stereocenters. The smallest absolute Gasteiger partial charge is 0.341 e. The second-order valence-electron chi connectivity index (χ2n) is 4.04. The van der Waals surface area contributed by atoms with Crippen molar-refractivity contribution in [3.8, 4) is 0 Å². The van der Waals surface area contributed by atoms with Crippen molar-refractivity contribution in [2.75, 3.05) is 20.3 Å². The maximum Gasteiger partial charge on any atom is 0.341 e. The fourth-order valence-electron chi connectivity index (χ4n) is 1.59. The Bertz CT molecular complexity index is 359. The lowest BCUT2D eigenvalue weighted by molar-refractivity contribution is 0.0595. The van der Waals surface area contributed by atoms with Gasteiger partial charge in [-0.25, -0.2) is 4.79 Å².